The van der Waals surface area contributed by atoms with E-state index in [4.69, 9.17) is 4.74 Å². The minimum atomic E-state index is -0.517. The fraction of sp³-hybridized carbons (Fsp3) is 0.407. The molecule has 2 amide bonds. The lowest BCUT2D eigenvalue weighted by molar-refractivity contribution is 0.0205. The van der Waals surface area contributed by atoms with E-state index >= 15 is 0 Å². The summed E-state index contributed by atoms with van der Waals surface area (Å²) in [5.74, 6) is 0.363. The number of likely N-dealkylation sites (tertiary alicyclic amines) is 1. The van der Waals surface area contributed by atoms with Gasteiger partial charge in [0.05, 0.1) is 23.7 Å². The largest absolute Gasteiger partial charge is 0.444 e. The van der Waals surface area contributed by atoms with E-state index in [1.165, 1.54) is 0 Å². The number of nitrogens with one attached hydrogen (secondary N) is 1. The summed E-state index contributed by atoms with van der Waals surface area (Å²) in [5, 5.41) is 16.6. The molecule has 1 saturated heterocycles. The Morgan fingerprint density at radius 3 is 2.59 bits per heavy atom. The molecule has 37 heavy (non-hydrogen) atoms. The highest BCUT2D eigenvalue weighted by Gasteiger charge is 2.29. The number of fused-ring (bicyclic) bond motifs is 2. The molecule has 0 bridgehead atoms. The van der Waals surface area contributed by atoms with E-state index in [0.29, 0.717) is 30.0 Å². The second kappa shape index (κ2) is 9.42. The highest BCUT2D eigenvalue weighted by atomic mass is 16.6. The van der Waals surface area contributed by atoms with Crippen molar-refractivity contribution in [3.63, 3.8) is 0 Å². The Hall–Kier alpha value is -4.08. The van der Waals surface area contributed by atoms with Gasteiger partial charge in [0.1, 0.15) is 11.1 Å². The summed E-state index contributed by atoms with van der Waals surface area (Å²) in [6.45, 7) is 10.7. The quantitative estimate of drug-likeness (QED) is 0.434. The second-order valence-electron chi connectivity index (χ2n) is 10.6. The van der Waals surface area contributed by atoms with Crippen molar-refractivity contribution >= 4 is 34.4 Å². The first-order valence-corrected chi connectivity index (χ1v) is 12.5. The molecule has 0 radical (unpaired) electrons. The smallest absolute Gasteiger partial charge is 0.410 e. The van der Waals surface area contributed by atoms with Crippen LogP contribution in [0, 0.1) is 13.8 Å². The van der Waals surface area contributed by atoms with Gasteiger partial charge in [-0.05, 0) is 82.7 Å². The molecule has 192 valence electrons. The number of anilines is 1. The molecule has 1 N–H and O–H groups in total. The van der Waals surface area contributed by atoms with Gasteiger partial charge in [-0.15, -0.1) is 10.2 Å². The van der Waals surface area contributed by atoms with Crippen molar-refractivity contribution in [2.75, 3.05) is 18.4 Å². The Morgan fingerprint density at radius 1 is 1.11 bits per heavy atom. The van der Waals surface area contributed by atoms with Crippen LogP contribution in [-0.2, 0) is 4.74 Å². The topological polar surface area (TPSA) is 115 Å². The molecule has 1 aliphatic rings. The highest BCUT2D eigenvalue weighted by molar-refractivity contribution is 6.12. The molecular formula is C27H31N7O3. The molecule has 5 rings (SSSR count). The van der Waals surface area contributed by atoms with Crippen LogP contribution in [-0.4, -0.2) is 60.4 Å². The highest BCUT2D eigenvalue weighted by Crippen LogP contribution is 2.34. The predicted molar refractivity (Wildman–Crippen MR) is 140 cm³/mol. The van der Waals surface area contributed by atoms with Crippen molar-refractivity contribution in [2.24, 2.45) is 0 Å². The number of benzene rings is 1. The van der Waals surface area contributed by atoms with E-state index in [-0.39, 0.29) is 17.9 Å². The molecule has 1 aromatic carbocycles. The van der Waals surface area contributed by atoms with Gasteiger partial charge >= 0.3 is 6.09 Å². The van der Waals surface area contributed by atoms with E-state index in [9.17, 15) is 9.59 Å². The Balaban J connectivity index is 1.37. The summed E-state index contributed by atoms with van der Waals surface area (Å²) in [5.41, 5.74) is 4.09. The van der Waals surface area contributed by atoms with E-state index < -0.39 is 5.60 Å². The van der Waals surface area contributed by atoms with Crippen molar-refractivity contribution in [1.29, 1.82) is 0 Å². The maximum atomic E-state index is 13.3. The number of ether oxygens (including phenoxy) is 1. The number of imidazole rings is 1. The maximum Gasteiger partial charge on any atom is 0.410 e. The van der Waals surface area contributed by atoms with Gasteiger partial charge in [-0.25, -0.2) is 14.3 Å². The van der Waals surface area contributed by atoms with Gasteiger partial charge in [0.2, 0.25) is 0 Å². The number of carbonyl (C=O) groups is 2. The zero-order valence-electron chi connectivity index (χ0n) is 21.8. The van der Waals surface area contributed by atoms with Gasteiger partial charge < -0.3 is 15.0 Å². The second-order valence-corrected chi connectivity index (χ2v) is 10.6. The van der Waals surface area contributed by atoms with E-state index in [1.54, 1.807) is 27.7 Å². The molecule has 10 heteroatoms. The Labute approximate surface area is 215 Å². The number of rotatable bonds is 3. The van der Waals surface area contributed by atoms with Crippen molar-refractivity contribution in [1.82, 2.24) is 29.7 Å². The maximum absolute atomic E-state index is 13.3. The van der Waals surface area contributed by atoms with E-state index in [1.807, 2.05) is 52.9 Å². The van der Waals surface area contributed by atoms with Crippen molar-refractivity contribution < 1.29 is 14.3 Å². The molecule has 0 saturated carbocycles. The molecule has 3 aromatic heterocycles. The van der Waals surface area contributed by atoms with Crippen LogP contribution in [0.2, 0.25) is 0 Å². The molecule has 0 unspecified atom stereocenters. The fourth-order valence-corrected chi connectivity index (χ4v) is 4.83. The summed E-state index contributed by atoms with van der Waals surface area (Å²) < 4.78 is 7.20. The first-order valence-electron chi connectivity index (χ1n) is 12.5. The molecule has 4 aromatic rings. The Kier molecular flexibility index (Phi) is 6.26. The normalized spacial score (nSPS) is 14.8. The zero-order chi connectivity index (χ0) is 26.3. The van der Waals surface area contributed by atoms with Gasteiger partial charge in [0.15, 0.2) is 11.5 Å². The third-order valence-electron chi connectivity index (χ3n) is 6.52. The van der Waals surface area contributed by atoms with E-state index in [0.717, 1.165) is 40.7 Å². The predicted octanol–water partition coefficient (Wildman–Crippen LogP) is 4.66. The average Bonchev–Trinajstić information content (AvgIpc) is 3.23. The van der Waals surface area contributed by atoms with Gasteiger partial charge in [-0.1, -0.05) is 6.07 Å². The van der Waals surface area contributed by atoms with Crippen LogP contribution < -0.4 is 5.32 Å². The van der Waals surface area contributed by atoms with Crippen molar-refractivity contribution in [3.05, 3.63) is 59.0 Å². The number of hydrogen-bond acceptors (Lipinski definition) is 7. The number of hydrogen-bond donors (Lipinski definition) is 1. The molecule has 1 fully saturated rings. The van der Waals surface area contributed by atoms with Crippen LogP contribution in [0.4, 0.5) is 10.6 Å². The first-order chi connectivity index (χ1) is 17.6. The first kappa shape index (κ1) is 24.6. The summed E-state index contributed by atoms with van der Waals surface area (Å²) in [7, 11) is 0. The molecular weight excluding hydrogens is 470 g/mol. The number of nitrogens with zero attached hydrogens (tertiary/aromatic N) is 6. The standard InChI is InChI=1S/C27H31N7O3/c1-16-14-22(32-34-15-17(2)29-24(16)34)30-25(35)21-7-6-19(20-8-11-28-31-23(20)21)18-9-12-33(13-10-18)26(36)37-27(3,4)5/h6-8,11,14-15,18H,9-10,12-13H2,1-5H3,(H,30,32,35). The Bertz CT molecular complexity index is 1500. The number of carbonyl (C=O) groups excluding carboxylic acids is 2. The summed E-state index contributed by atoms with van der Waals surface area (Å²) >= 11 is 0. The summed E-state index contributed by atoms with van der Waals surface area (Å²) in [6.07, 6.45) is 4.79. The minimum Gasteiger partial charge on any atom is -0.444 e. The van der Waals surface area contributed by atoms with Crippen LogP contribution in [0.15, 0.2) is 36.7 Å². The Morgan fingerprint density at radius 2 is 1.86 bits per heavy atom. The van der Waals surface area contributed by atoms with Crippen LogP contribution >= 0.6 is 0 Å². The van der Waals surface area contributed by atoms with Crippen LogP contribution in [0.3, 0.4) is 0 Å². The van der Waals surface area contributed by atoms with Gasteiger partial charge in [-0.3, -0.25) is 4.79 Å². The lowest BCUT2D eigenvalue weighted by Gasteiger charge is -2.34. The number of amides is 2. The molecule has 0 spiro atoms. The average molecular weight is 502 g/mol. The van der Waals surface area contributed by atoms with Crippen LogP contribution in [0.25, 0.3) is 16.6 Å². The molecule has 0 aliphatic carbocycles. The number of aryl methyl sites for hydroxylation is 2. The minimum absolute atomic E-state index is 0.235. The third-order valence-corrected chi connectivity index (χ3v) is 6.52. The SMILES string of the molecule is Cc1cn2nc(NC(=O)c3ccc(C4CCN(C(=O)OC(C)(C)C)CC4)c4ccnnc34)cc(C)c2n1. The monoisotopic (exact) mass is 501 g/mol. The van der Waals surface area contributed by atoms with Crippen LogP contribution in [0.5, 0.6) is 0 Å². The molecule has 0 atom stereocenters. The molecule has 1 aliphatic heterocycles. The summed E-state index contributed by atoms with van der Waals surface area (Å²) in [4.78, 5) is 32.0. The summed E-state index contributed by atoms with van der Waals surface area (Å²) in [6, 6.07) is 7.50. The van der Waals surface area contributed by atoms with Gasteiger partial charge in [-0.2, -0.15) is 5.10 Å². The van der Waals surface area contributed by atoms with Gasteiger partial charge in [0.25, 0.3) is 5.91 Å². The van der Waals surface area contributed by atoms with E-state index in [2.05, 4.69) is 25.6 Å². The van der Waals surface area contributed by atoms with Crippen LogP contribution in [0.1, 0.15) is 66.7 Å². The lowest BCUT2D eigenvalue weighted by Crippen LogP contribution is -2.41. The molecule has 4 heterocycles. The lowest BCUT2D eigenvalue weighted by atomic mass is 9.86. The third kappa shape index (κ3) is 5.09. The zero-order valence-corrected chi connectivity index (χ0v) is 21.8. The van der Waals surface area contributed by atoms with Gasteiger partial charge in [0, 0.05) is 18.5 Å². The number of piperidine rings is 1. The van der Waals surface area contributed by atoms with Crippen molar-refractivity contribution in [3.8, 4) is 0 Å². The van der Waals surface area contributed by atoms with Crippen molar-refractivity contribution in [2.45, 2.75) is 59.0 Å². The molecule has 10 nitrogen and oxygen atoms in total. The number of aromatic nitrogens is 5. The fourth-order valence-electron chi connectivity index (χ4n) is 4.83.